The van der Waals surface area contributed by atoms with Crippen molar-refractivity contribution in [3.8, 4) is 22.8 Å². The molecule has 5 nitrogen and oxygen atoms in total. The summed E-state index contributed by atoms with van der Waals surface area (Å²) in [6, 6.07) is 10.4. The molecule has 0 bridgehead atoms. The van der Waals surface area contributed by atoms with Crippen LogP contribution in [0.3, 0.4) is 0 Å². The molecule has 1 saturated heterocycles. The molecule has 0 amide bonds. The van der Waals surface area contributed by atoms with Crippen LogP contribution in [0.4, 0.5) is 18.9 Å². The highest BCUT2D eigenvalue weighted by atomic mass is 19.4. The van der Waals surface area contributed by atoms with Gasteiger partial charge in [-0.1, -0.05) is 17.3 Å². The van der Waals surface area contributed by atoms with Crippen molar-refractivity contribution in [2.75, 3.05) is 18.0 Å². The zero-order chi connectivity index (χ0) is 22.3. The fourth-order valence-electron chi connectivity index (χ4n) is 4.68. The number of alkyl halides is 3. The van der Waals surface area contributed by atoms with Crippen molar-refractivity contribution in [3.63, 3.8) is 0 Å². The minimum Gasteiger partial charge on any atom is -0.368 e. The molecule has 2 aliphatic heterocycles. The van der Waals surface area contributed by atoms with Gasteiger partial charge >= 0.3 is 6.18 Å². The van der Waals surface area contributed by atoms with Crippen LogP contribution in [0.15, 0.2) is 40.9 Å². The number of nitrogens with zero attached hydrogens (tertiary/aromatic N) is 3. The normalized spacial score (nSPS) is 19.1. The van der Waals surface area contributed by atoms with Gasteiger partial charge in [0.2, 0.25) is 5.82 Å². The van der Waals surface area contributed by atoms with Gasteiger partial charge in [-0.05, 0) is 74.5 Å². The van der Waals surface area contributed by atoms with Gasteiger partial charge in [-0.15, -0.1) is 0 Å². The molecule has 5 rings (SSSR count). The van der Waals surface area contributed by atoms with Crippen molar-refractivity contribution in [3.05, 3.63) is 53.1 Å². The van der Waals surface area contributed by atoms with Crippen molar-refractivity contribution in [2.24, 2.45) is 0 Å². The topological polar surface area (TPSA) is 54.2 Å². The molecule has 168 valence electrons. The Bertz CT molecular complexity index is 1120. The lowest BCUT2D eigenvalue weighted by Crippen LogP contribution is -2.38. The van der Waals surface area contributed by atoms with Crippen LogP contribution in [-0.4, -0.2) is 29.3 Å². The molecule has 1 unspecified atom stereocenters. The summed E-state index contributed by atoms with van der Waals surface area (Å²) in [5, 5.41) is 7.36. The molecule has 2 aromatic carbocycles. The Hall–Kier alpha value is -2.87. The summed E-state index contributed by atoms with van der Waals surface area (Å²) in [6.07, 6.45) is -0.728. The van der Waals surface area contributed by atoms with Crippen LogP contribution in [0.5, 0.6) is 0 Å². The summed E-state index contributed by atoms with van der Waals surface area (Å²) in [7, 11) is 0. The lowest BCUT2D eigenvalue weighted by atomic mass is 9.98. The number of aromatic nitrogens is 2. The molecule has 1 fully saturated rings. The molecule has 1 aromatic heterocycles. The third-order valence-electron chi connectivity index (χ3n) is 6.44. The summed E-state index contributed by atoms with van der Waals surface area (Å²) < 4.78 is 47.2. The Morgan fingerprint density at radius 3 is 2.72 bits per heavy atom. The van der Waals surface area contributed by atoms with Gasteiger partial charge < -0.3 is 14.7 Å². The maximum atomic E-state index is 14.0. The standard InChI is InChI=1S/C24H25F3N4O/c1-15-4-2-3-11-31(15)21-8-7-18(13-20(21)24(25,26)27)23-29-22(30-32-23)17-5-6-19-14-28-10-9-16(19)12-17/h5-8,12-13,15,28H,2-4,9-11,14H2,1H3. The molecule has 0 radical (unpaired) electrons. The van der Waals surface area contributed by atoms with E-state index in [0.29, 0.717) is 12.4 Å². The molecule has 1 atom stereocenters. The molecule has 0 spiro atoms. The summed E-state index contributed by atoms with van der Waals surface area (Å²) in [6.45, 7) is 4.35. The van der Waals surface area contributed by atoms with Crippen molar-refractivity contribution >= 4 is 5.69 Å². The van der Waals surface area contributed by atoms with Gasteiger partial charge in [0.25, 0.3) is 5.89 Å². The SMILES string of the molecule is CC1CCCCN1c1ccc(-c2nc(-c3ccc4c(c3)CCNC4)no2)cc1C(F)(F)F. The van der Waals surface area contributed by atoms with E-state index in [1.165, 1.54) is 17.2 Å². The van der Waals surface area contributed by atoms with Crippen LogP contribution in [0, 0.1) is 0 Å². The number of anilines is 1. The average molecular weight is 442 g/mol. The molecule has 8 heteroatoms. The number of hydrogen-bond donors (Lipinski definition) is 1. The van der Waals surface area contributed by atoms with Gasteiger partial charge in [0.15, 0.2) is 0 Å². The zero-order valence-electron chi connectivity index (χ0n) is 17.9. The first-order chi connectivity index (χ1) is 15.4. The van der Waals surface area contributed by atoms with Crippen LogP contribution in [0.2, 0.25) is 0 Å². The molecular weight excluding hydrogens is 417 g/mol. The van der Waals surface area contributed by atoms with Crippen LogP contribution in [0.25, 0.3) is 22.8 Å². The first-order valence-corrected chi connectivity index (χ1v) is 11.0. The second-order valence-electron chi connectivity index (χ2n) is 8.60. The average Bonchev–Trinajstić information content (AvgIpc) is 3.28. The molecule has 2 aliphatic rings. The number of piperidine rings is 1. The first kappa shape index (κ1) is 21.0. The smallest absolute Gasteiger partial charge is 0.368 e. The van der Waals surface area contributed by atoms with Crippen LogP contribution in [0.1, 0.15) is 42.9 Å². The van der Waals surface area contributed by atoms with Crippen LogP contribution >= 0.6 is 0 Å². The van der Waals surface area contributed by atoms with E-state index in [9.17, 15) is 13.2 Å². The lowest BCUT2D eigenvalue weighted by Gasteiger charge is -2.37. The number of fused-ring (bicyclic) bond motifs is 1. The minimum atomic E-state index is -4.47. The third kappa shape index (κ3) is 3.99. The monoisotopic (exact) mass is 442 g/mol. The highest BCUT2D eigenvalue weighted by Gasteiger charge is 2.37. The predicted octanol–water partition coefficient (Wildman–Crippen LogP) is 5.45. The van der Waals surface area contributed by atoms with Crippen LogP contribution < -0.4 is 10.2 Å². The maximum Gasteiger partial charge on any atom is 0.418 e. The minimum absolute atomic E-state index is 0.0740. The lowest BCUT2D eigenvalue weighted by molar-refractivity contribution is -0.137. The van der Waals surface area contributed by atoms with E-state index in [1.54, 1.807) is 6.07 Å². The fraction of sp³-hybridized carbons (Fsp3) is 0.417. The predicted molar refractivity (Wildman–Crippen MR) is 116 cm³/mol. The molecule has 1 N–H and O–H groups in total. The van der Waals surface area contributed by atoms with E-state index in [1.807, 2.05) is 30.0 Å². The van der Waals surface area contributed by atoms with E-state index in [0.717, 1.165) is 50.4 Å². The second-order valence-corrected chi connectivity index (χ2v) is 8.60. The number of halogens is 3. The van der Waals surface area contributed by atoms with E-state index < -0.39 is 11.7 Å². The van der Waals surface area contributed by atoms with Gasteiger partial charge in [-0.3, -0.25) is 0 Å². The number of rotatable bonds is 3. The second kappa shape index (κ2) is 8.24. The Morgan fingerprint density at radius 2 is 1.91 bits per heavy atom. The largest absolute Gasteiger partial charge is 0.418 e. The van der Waals surface area contributed by atoms with E-state index in [-0.39, 0.29) is 23.2 Å². The molecule has 0 saturated carbocycles. The Balaban J connectivity index is 1.48. The summed E-state index contributed by atoms with van der Waals surface area (Å²) in [4.78, 5) is 6.26. The van der Waals surface area contributed by atoms with Gasteiger partial charge in [-0.2, -0.15) is 18.2 Å². The first-order valence-electron chi connectivity index (χ1n) is 11.0. The Labute approximate surface area is 184 Å². The van der Waals surface area contributed by atoms with Crippen LogP contribution in [-0.2, 0) is 19.1 Å². The number of benzene rings is 2. The highest BCUT2D eigenvalue weighted by molar-refractivity contribution is 5.67. The molecule has 3 heterocycles. The van der Waals surface area contributed by atoms with Crippen molar-refractivity contribution in [1.82, 2.24) is 15.5 Å². The summed E-state index contributed by atoms with van der Waals surface area (Å²) in [5.41, 5.74) is 3.09. The van der Waals surface area contributed by atoms with E-state index >= 15 is 0 Å². The molecular formula is C24H25F3N4O. The highest BCUT2D eigenvalue weighted by Crippen LogP contribution is 2.41. The van der Waals surface area contributed by atoms with E-state index in [4.69, 9.17) is 4.52 Å². The molecule has 32 heavy (non-hydrogen) atoms. The van der Waals surface area contributed by atoms with Gasteiger partial charge in [0.1, 0.15) is 0 Å². The molecule has 0 aliphatic carbocycles. The maximum absolute atomic E-state index is 14.0. The van der Waals surface area contributed by atoms with Crippen molar-refractivity contribution in [2.45, 2.75) is 51.4 Å². The Kier molecular flexibility index (Phi) is 5.41. The van der Waals surface area contributed by atoms with Crippen molar-refractivity contribution < 1.29 is 17.7 Å². The van der Waals surface area contributed by atoms with Crippen molar-refractivity contribution in [1.29, 1.82) is 0 Å². The molecule has 3 aromatic rings. The number of nitrogens with one attached hydrogen (secondary N) is 1. The quantitative estimate of drug-likeness (QED) is 0.585. The van der Waals surface area contributed by atoms with Gasteiger partial charge in [0, 0.05) is 35.9 Å². The van der Waals surface area contributed by atoms with Gasteiger partial charge in [0.05, 0.1) is 5.56 Å². The fourth-order valence-corrected chi connectivity index (χ4v) is 4.68. The third-order valence-corrected chi connectivity index (χ3v) is 6.44. The van der Waals surface area contributed by atoms with Gasteiger partial charge in [-0.25, -0.2) is 0 Å². The summed E-state index contributed by atoms with van der Waals surface area (Å²) in [5.74, 6) is 0.465. The van der Waals surface area contributed by atoms with E-state index in [2.05, 4.69) is 15.5 Å². The summed E-state index contributed by atoms with van der Waals surface area (Å²) >= 11 is 0. The Morgan fingerprint density at radius 1 is 1.06 bits per heavy atom. The number of hydrogen-bond acceptors (Lipinski definition) is 5. The zero-order valence-corrected chi connectivity index (χ0v) is 17.9.